The minimum atomic E-state index is -0.206. The lowest BCUT2D eigenvalue weighted by molar-refractivity contribution is -0.136. The lowest BCUT2D eigenvalue weighted by Gasteiger charge is -2.32. The molecular formula is C18H26ClN3O2. The Balaban J connectivity index is 0.00000208. The van der Waals surface area contributed by atoms with E-state index in [1.54, 1.807) is 0 Å². The number of rotatable bonds is 3. The summed E-state index contributed by atoms with van der Waals surface area (Å²) in [5.74, 6) is -0.00980. The first-order chi connectivity index (χ1) is 11.1. The van der Waals surface area contributed by atoms with Crippen LogP contribution in [-0.4, -0.2) is 47.3 Å². The van der Waals surface area contributed by atoms with E-state index in [4.69, 9.17) is 5.73 Å². The zero-order valence-corrected chi connectivity index (χ0v) is 14.9. The average Bonchev–Trinajstić information content (AvgIpc) is 2.97. The number of halogens is 1. The van der Waals surface area contributed by atoms with Crippen molar-refractivity contribution < 1.29 is 9.59 Å². The molecule has 2 heterocycles. The number of nitrogens with zero attached hydrogens (tertiary/aromatic N) is 2. The molecule has 24 heavy (non-hydrogen) atoms. The lowest BCUT2D eigenvalue weighted by atomic mass is 10.0. The smallest absolute Gasteiger partial charge is 0.227 e. The predicted molar refractivity (Wildman–Crippen MR) is 95.7 cm³/mol. The van der Waals surface area contributed by atoms with Gasteiger partial charge in [0.25, 0.3) is 0 Å². The first kappa shape index (κ1) is 18.7. The standard InChI is InChI=1S/C18H25N3O2.ClH/c1-13(14-5-3-2-4-6-14)21-12-15(11-17(21)22)18(23)20-9-7-16(19)8-10-20;/h2-6,13,15-16H,7-12,19H2,1H3;1H. The molecule has 0 aromatic heterocycles. The fourth-order valence-corrected chi connectivity index (χ4v) is 3.56. The second kappa shape index (κ2) is 7.99. The molecule has 2 amide bonds. The summed E-state index contributed by atoms with van der Waals surface area (Å²) in [6.45, 7) is 3.99. The van der Waals surface area contributed by atoms with Crippen molar-refractivity contribution in [1.29, 1.82) is 0 Å². The molecule has 0 radical (unpaired) electrons. The third-order valence-electron chi connectivity index (χ3n) is 5.11. The summed E-state index contributed by atoms with van der Waals surface area (Å²) in [7, 11) is 0. The number of hydrogen-bond acceptors (Lipinski definition) is 3. The Bertz CT molecular complexity index is 573. The Labute approximate surface area is 149 Å². The maximum Gasteiger partial charge on any atom is 0.227 e. The average molecular weight is 352 g/mol. The van der Waals surface area contributed by atoms with E-state index in [1.807, 2.05) is 47.1 Å². The van der Waals surface area contributed by atoms with Crippen molar-refractivity contribution in [2.24, 2.45) is 11.7 Å². The first-order valence-electron chi connectivity index (χ1n) is 8.45. The van der Waals surface area contributed by atoms with Gasteiger partial charge in [-0.25, -0.2) is 0 Å². The number of hydrogen-bond donors (Lipinski definition) is 1. The molecule has 0 bridgehead atoms. The highest BCUT2D eigenvalue weighted by Gasteiger charge is 2.39. The third kappa shape index (κ3) is 3.90. The van der Waals surface area contributed by atoms with E-state index in [-0.39, 0.29) is 42.2 Å². The van der Waals surface area contributed by atoms with E-state index in [9.17, 15) is 9.59 Å². The Morgan fingerprint density at radius 2 is 1.83 bits per heavy atom. The zero-order chi connectivity index (χ0) is 16.4. The topological polar surface area (TPSA) is 66.6 Å². The molecule has 132 valence electrons. The van der Waals surface area contributed by atoms with Crippen LogP contribution >= 0.6 is 12.4 Å². The molecule has 2 aliphatic heterocycles. The van der Waals surface area contributed by atoms with Gasteiger partial charge in [-0.3, -0.25) is 9.59 Å². The van der Waals surface area contributed by atoms with Gasteiger partial charge < -0.3 is 15.5 Å². The normalized spacial score (nSPS) is 23.1. The molecular weight excluding hydrogens is 326 g/mol. The summed E-state index contributed by atoms with van der Waals surface area (Å²) in [4.78, 5) is 28.8. The number of amides is 2. The molecule has 1 aromatic rings. The first-order valence-corrected chi connectivity index (χ1v) is 8.45. The van der Waals surface area contributed by atoms with Crippen LogP contribution in [0.4, 0.5) is 0 Å². The van der Waals surface area contributed by atoms with E-state index in [2.05, 4.69) is 0 Å². The minimum Gasteiger partial charge on any atom is -0.342 e. The van der Waals surface area contributed by atoms with E-state index in [0.717, 1.165) is 31.5 Å². The minimum absolute atomic E-state index is 0. The fourth-order valence-electron chi connectivity index (χ4n) is 3.56. The van der Waals surface area contributed by atoms with Gasteiger partial charge in [0.05, 0.1) is 12.0 Å². The molecule has 0 aliphatic carbocycles. The Morgan fingerprint density at radius 1 is 1.21 bits per heavy atom. The highest BCUT2D eigenvalue weighted by atomic mass is 35.5. The highest BCUT2D eigenvalue weighted by Crippen LogP contribution is 2.29. The second-order valence-corrected chi connectivity index (χ2v) is 6.70. The highest BCUT2D eigenvalue weighted by molar-refractivity contribution is 5.89. The number of carbonyl (C=O) groups excluding carboxylic acids is 2. The van der Waals surface area contributed by atoms with Crippen LogP contribution in [0.3, 0.4) is 0 Å². The summed E-state index contributed by atoms with van der Waals surface area (Å²) in [5.41, 5.74) is 7.01. The van der Waals surface area contributed by atoms with Gasteiger partial charge in [0, 0.05) is 32.1 Å². The van der Waals surface area contributed by atoms with Crippen LogP contribution in [-0.2, 0) is 9.59 Å². The number of likely N-dealkylation sites (tertiary alicyclic amines) is 2. The summed E-state index contributed by atoms with van der Waals surface area (Å²) in [5, 5.41) is 0. The van der Waals surface area contributed by atoms with E-state index >= 15 is 0 Å². The zero-order valence-electron chi connectivity index (χ0n) is 14.1. The number of carbonyl (C=O) groups is 2. The molecule has 3 rings (SSSR count). The Kier molecular flexibility index (Phi) is 6.24. The van der Waals surface area contributed by atoms with Crippen LogP contribution in [0.15, 0.2) is 30.3 Å². The molecule has 6 heteroatoms. The van der Waals surface area contributed by atoms with E-state index < -0.39 is 0 Å². The lowest BCUT2D eigenvalue weighted by Crippen LogP contribution is -2.45. The fraction of sp³-hybridized carbons (Fsp3) is 0.556. The molecule has 2 atom stereocenters. The van der Waals surface area contributed by atoms with Crippen molar-refractivity contribution >= 4 is 24.2 Å². The molecule has 2 saturated heterocycles. The summed E-state index contributed by atoms with van der Waals surface area (Å²) >= 11 is 0. The van der Waals surface area contributed by atoms with Gasteiger partial charge in [-0.05, 0) is 25.3 Å². The molecule has 5 nitrogen and oxygen atoms in total. The van der Waals surface area contributed by atoms with Crippen molar-refractivity contribution in [2.45, 2.75) is 38.3 Å². The van der Waals surface area contributed by atoms with Crippen molar-refractivity contribution in [3.05, 3.63) is 35.9 Å². The monoisotopic (exact) mass is 351 g/mol. The van der Waals surface area contributed by atoms with E-state index in [1.165, 1.54) is 0 Å². The SMILES string of the molecule is CC(c1ccccc1)N1CC(C(=O)N2CCC(N)CC2)CC1=O.Cl. The maximum atomic E-state index is 12.7. The van der Waals surface area contributed by atoms with Crippen LogP contribution in [0.2, 0.25) is 0 Å². The summed E-state index contributed by atoms with van der Waals surface area (Å²) in [6.07, 6.45) is 2.05. The van der Waals surface area contributed by atoms with Crippen molar-refractivity contribution in [1.82, 2.24) is 9.80 Å². The van der Waals surface area contributed by atoms with Gasteiger partial charge in [-0.2, -0.15) is 0 Å². The summed E-state index contributed by atoms with van der Waals surface area (Å²) in [6, 6.07) is 10.2. The molecule has 2 N–H and O–H groups in total. The molecule has 0 spiro atoms. The van der Waals surface area contributed by atoms with Gasteiger partial charge in [-0.15, -0.1) is 12.4 Å². The predicted octanol–water partition coefficient (Wildman–Crippen LogP) is 1.97. The molecule has 2 aliphatic rings. The number of piperidine rings is 1. The van der Waals surface area contributed by atoms with Crippen LogP contribution in [0, 0.1) is 5.92 Å². The Morgan fingerprint density at radius 3 is 2.46 bits per heavy atom. The van der Waals surface area contributed by atoms with Crippen LogP contribution in [0.25, 0.3) is 0 Å². The van der Waals surface area contributed by atoms with Crippen molar-refractivity contribution in [3.8, 4) is 0 Å². The summed E-state index contributed by atoms with van der Waals surface area (Å²) < 4.78 is 0. The van der Waals surface area contributed by atoms with Gasteiger partial charge in [0.2, 0.25) is 11.8 Å². The largest absolute Gasteiger partial charge is 0.342 e. The van der Waals surface area contributed by atoms with Crippen molar-refractivity contribution in [3.63, 3.8) is 0 Å². The molecule has 1 aromatic carbocycles. The number of benzene rings is 1. The Hall–Kier alpha value is -1.59. The molecule has 0 saturated carbocycles. The third-order valence-corrected chi connectivity index (χ3v) is 5.11. The quantitative estimate of drug-likeness (QED) is 0.905. The second-order valence-electron chi connectivity index (χ2n) is 6.70. The van der Waals surface area contributed by atoms with Crippen LogP contribution in [0.5, 0.6) is 0 Å². The van der Waals surface area contributed by atoms with Gasteiger partial charge in [-0.1, -0.05) is 30.3 Å². The molecule has 2 fully saturated rings. The van der Waals surface area contributed by atoms with Gasteiger partial charge >= 0.3 is 0 Å². The van der Waals surface area contributed by atoms with Crippen molar-refractivity contribution in [2.75, 3.05) is 19.6 Å². The number of nitrogens with two attached hydrogens (primary N) is 1. The van der Waals surface area contributed by atoms with Gasteiger partial charge in [0.15, 0.2) is 0 Å². The van der Waals surface area contributed by atoms with Crippen LogP contribution < -0.4 is 5.73 Å². The van der Waals surface area contributed by atoms with Crippen LogP contribution in [0.1, 0.15) is 37.8 Å². The maximum absolute atomic E-state index is 12.7. The van der Waals surface area contributed by atoms with E-state index in [0.29, 0.717) is 13.0 Å². The molecule has 2 unspecified atom stereocenters. The van der Waals surface area contributed by atoms with Gasteiger partial charge in [0.1, 0.15) is 0 Å².